The summed E-state index contributed by atoms with van der Waals surface area (Å²) < 4.78 is 0. The molecule has 0 aliphatic heterocycles. The van der Waals surface area contributed by atoms with Gasteiger partial charge < -0.3 is 10.4 Å². The molecule has 2 N–H and O–H groups in total. The van der Waals surface area contributed by atoms with Crippen LogP contribution in [0.3, 0.4) is 0 Å². The van der Waals surface area contributed by atoms with E-state index >= 15 is 0 Å². The molecule has 1 amide bonds. The van der Waals surface area contributed by atoms with E-state index in [0.29, 0.717) is 12.1 Å². The molecule has 3 heteroatoms. The Morgan fingerprint density at radius 2 is 2.00 bits per heavy atom. The van der Waals surface area contributed by atoms with Crippen molar-refractivity contribution in [2.75, 3.05) is 6.54 Å². The molecule has 112 valence electrons. The van der Waals surface area contributed by atoms with E-state index < -0.39 is 0 Å². The largest absolute Gasteiger partial charge is 0.507 e. The van der Waals surface area contributed by atoms with E-state index in [1.54, 1.807) is 18.2 Å². The third-order valence-corrected chi connectivity index (χ3v) is 3.58. The lowest BCUT2D eigenvalue weighted by Gasteiger charge is -2.25. The van der Waals surface area contributed by atoms with Gasteiger partial charge in [-0.15, -0.1) is 0 Å². The van der Waals surface area contributed by atoms with Crippen LogP contribution in [0.4, 0.5) is 0 Å². The zero-order chi connectivity index (χ0) is 15.2. The topological polar surface area (TPSA) is 49.3 Å². The Morgan fingerprint density at radius 1 is 1.30 bits per heavy atom. The second-order valence-corrected chi connectivity index (χ2v) is 6.32. The van der Waals surface area contributed by atoms with Gasteiger partial charge in [0.2, 0.25) is 0 Å². The first kappa shape index (κ1) is 16.5. The van der Waals surface area contributed by atoms with Crippen LogP contribution < -0.4 is 5.32 Å². The first-order valence-corrected chi connectivity index (χ1v) is 7.43. The van der Waals surface area contributed by atoms with E-state index in [0.717, 1.165) is 12.0 Å². The van der Waals surface area contributed by atoms with Crippen LogP contribution in [-0.2, 0) is 0 Å². The Morgan fingerprint density at radius 3 is 2.65 bits per heavy atom. The molecule has 1 rings (SSSR count). The van der Waals surface area contributed by atoms with Gasteiger partial charge in [-0.1, -0.05) is 51.7 Å². The number of hydrogen-bond donors (Lipinski definition) is 2. The number of aryl methyl sites for hydroxylation is 1. The molecule has 20 heavy (non-hydrogen) atoms. The van der Waals surface area contributed by atoms with Gasteiger partial charge in [0.1, 0.15) is 5.75 Å². The summed E-state index contributed by atoms with van der Waals surface area (Å²) in [6.07, 6.45) is 4.73. The number of rotatable bonds is 7. The van der Waals surface area contributed by atoms with Crippen LogP contribution in [0.25, 0.3) is 0 Å². The molecule has 0 aliphatic rings. The zero-order valence-electron chi connectivity index (χ0n) is 13.1. The fourth-order valence-corrected chi connectivity index (χ4v) is 2.19. The van der Waals surface area contributed by atoms with Gasteiger partial charge in [0.05, 0.1) is 5.56 Å². The fourth-order valence-electron chi connectivity index (χ4n) is 2.19. The maximum absolute atomic E-state index is 12.1. The van der Waals surface area contributed by atoms with Crippen LogP contribution in [0.15, 0.2) is 18.2 Å². The van der Waals surface area contributed by atoms with Crippen molar-refractivity contribution in [1.82, 2.24) is 5.32 Å². The van der Waals surface area contributed by atoms with E-state index in [-0.39, 0.29) is 17.1 Å². The summed E-state index contributed by atoms with van der Waals surface area (Å²) in [5, 5.41) is 12.7. The number of benzene rings is 1. The molecule has 0 atom stereocenters. The molecule has 0 aromatic heterocycles. The van der Waals surface area contributed by atoms with Gasteiger partial charge in [0, 0.05) is 6.54 Å². The molecule has 0 heterocycles. The van der Waals surface area contributed by atoms with Crippen molar-refractivity contribution in [1.29, 1.82) is 0 Å². The number of carbonyl (C=O) groups is 1. The Balaban J connectivity index is 2.56. The Hall–Kier alpha value is -1.51. The smallest absolute Gasteiger partial charge is 0.255 e. The molecular formula is C17H27NO2. The van der Waals surface area contributed by atoms with Gasteiger partial charge in [-0.05, 0) is 30.9 Å². The highest BCUT2D eigenvalue weighted by atomic mass is 16.3. The first-order valence-electron chi connectivity index (χ1n) is 7.43. The SMILES string of the molecule is CCCCCC(C)(C)CNC(=O)c1cc(C)ccc1O. The fraction of sp³-hybridized carbons (Fsp3) is 0.588. The minimum atomic E-state index is -0.199. The number of nitrogens with one attached hydrogen (secondary N) is 1. The van der Waals surface area contributed by atoms with Crippen molar-refractivity contribution in [3.63, 3.8) is 0 Å². The molecule has 0 fully saturated rings. The highest BCUT2D eigenvalue weighted by Gasteiger charge is 2.19. The molecule has 0 unspecified atom stereocenters. The van der Waals surface area contributed by atoms with Gasteiger partial charge in [-0.3, -0.25) is 4.79 Å². The monoisotopic (exact) mass is 277 g/mol. The summed E-state index contributed by atoms with van der Waals surface area (Å²) in [6.45, 7) is 9.06. The lowest BCUT2D eigenvalue weighted by molar-refractivity contribution is 0.0931. The number of unbranched alkanes of at least 4 members (excludes halogenated alkanes) is 2. The Bertz CT molecular complexity index is 452. The summed E-state index contributed by atoms with van der Waals surface area (Å²) in [5.41, 5.74) is 1.41. The summed E-state index contributed by atoms with van der Waals surface area (Å²) in [5.74, 6) is -0.161. The third-order valence-electron chi connectivity index (χ3n) is 3.58. The van der Waals surface area contributed by atoms with Crippen molar-refractivity contribution >= 4 is 5.91 Å². The molecule has 0 radical (unpaired) electrons. The van der Waals surface area contributed by atoms with Crippen molar-refractivity contribution in [3.05, 3.63) is 29.3 Å². The van der Waals surface area contributed by atoms with Crippen molar-refractivity contribution < 1.29 is 9.90 Å². The zero-order valence-corrected chi connectivity index (χ0v) is 13.1. The normalized spacial score (nSPS) is 11.4. The molecule has 0 saturated heterocycles. The molecular weight excluding hydrogens is 250 g/mol. The predicted octanol–water partition coefficient (Wildman–Crippen LogP) is 4.04. The minimum absolute atomic E-state index is 0.0388. The minimum Gasteiger partial charge on any atom is -0.507 e. The highest BCUT2D eigenvalue weighted by Crippen LogP contribution is 2.23. The number of phenols is 1. The maximum atomic E-state index is 12.1. The van der Waals surface area contributed by atoms with Gasteiger partial charge in [-0.2, -0.15) is 0 Å². The summed E-state index contributed by atoms with van der Waals surface area (Å²) in [6, 6.07) is 5.08. The third kappa shape index (κ3) is 5.24. The van der Waals surface area contributed by atoms with Crippen molar-refractivity contribution in [2.45, 2.75) is 53.4 Å². The Kier molecular flexibility index (Phi) is 6.05. The lowest BCUT2D eigenvalue weighted by Crippen LogP contribution is -2.34. The van der Waals surface area contributed by atoms with Crippen LogP contribution in [-0.4, -0.2) is 17.6 Å². The number of aromatic hydroxyl groups is 1. The predicted molar refractivity (Wildman–Crippen MR) is 83.1 cm³/mol. The molecule has 1 aromatic rings. The maximum Gasteiger partial charge on any atom is 0.255 e. The standard InChI is InChI=1S/C17H27NO2/c1-5-6-7-10-17(3,4)12-18-16(20)14-11-13(2)8-9-15(14)19/h8-9,11,19H,5-7,10,12H2,1-4H3,(H,18,20). The second-order valence-electron chi connectivity index (χ2n) is 6.32. The first-order chi connectivity index (χ1) is 9.35. The molecule has 0 saturated carbocycles. The van der Waals surface area contributed by atoms with Gasteiger partial charge >= 0.3 is 0 Å². The molecule has 3 nitrogen and oxygen atoms in total. The number of carbonyl (C=O) groups excluding carboxylic acids is 1. The number of amides is 1. The summed E-state index contributed by atoms with van der Waals surface area (Å²) in [7, 11) is 0. The average molecular weight is 277 g/mol. The van der Waals surface area contributed by atoms with Gasteiger partial charge in [0.15, 0.2) is 0 Å². The molecule has 0 aliphatic carbocycles. The lowest BCUT2D eigenvalue weighted by atomic mass is 9.87. The van der Waals surface area contributed by atoms with Gasteiger partial charge in [-0.25, -0.2) is 0 Å². The highest BCUT2D eigenvalue weighted by molar-refractivity contribution is 5.97. The van der Waals surface area contributed by atoms with E-state index in [1.165, 1.54) is 19.3 Å². The molecule has 1 aromatic carbocycles. The Labute approximate surface area is 122 Å². The van der Waals surface area contributed by atoms with E-state index in [9.17, 15) is 9.90 Å². The van der Waals surface area contributed by atoms with Crippen LogP contribution in [0.1, 0.15) is 62.4 Å². The second kappa shape index (κ2) is 7.32. The molecule has 0 spiro atoms. The van der Waals surface area contributed by atoms with E-state index in [2.05, 4.69) is 26.1 Å². The van der Waals surface area contributed by atoms with Crippen LogP contribution >= 0.6 is 0 Å². The average Bonchev–Trinajstić information content (AvgIpc) is 2.39. The van der Waals surface area contributed by atoms with Crippen LogP contribution in [0, 0.1) is 12.3 Å². The van der Waals surface area contributed by atoms with Crippen molar-refractivity contribution in [3.8, 4) is 5.75 Å². The quantitative estimate of drug-likeness (QED) is 0.739. The van der Waals surface area contributed by atoms with Crippen molar-refractivity contribution in [2.24, 2.45) is 5.41 Å². The van der Waals surface area contributed by atoms with Gasteiger partial charge in [0.25, 0.3) is 5.91 Å². The number of hydrogen-bond acceptors (Lipinski definition) is 2. The summed E-state index contributed by atoms with van der Waals surface area (Å²) >= 11 is 0. The summed E-state index contributed by atoms with van der Waals surface area (Å²) in [4.78, 5) is 12.1. The molecule has 0 bridgehead atoms. The number of phenolic OH excluding ortho intramolecular Hbond substituents is 1. The van der Waals surface area contributed by atoms with E-state index in [4.69, 9.17) is 0 Å². The van der Waals surface area contributed by atoms with Crippen LogP contribution in [0.2, 0.25) is 0 Å². The van der Waals surface area contributed by atoms with E-state index in [1.807, 2.05) is 6.92 Å². The van der Waals surface area contributed by atoms with Crippen LogP contribution in [0.5, 0.6) is 5.75 Å².